The van der Waals surface area contributed by atoms with Crippen LogP contribution in [0.4, 0.5) is 4.39 Å². The molecule has 20 heavy (non-hydrogen) atoms. The molecule has 0 radical (unpaired) electrons. The third-order valence-electron chi connectivity index (χ3n) is 2.80. The first-order chi connectivity index (χ1) is 9.65. The number of carbonyl (C=O) groups excluding carboxylic acids is 1. The van der Waals surface area contributed by atoms with Crippen LogP contribution in [0.1, 0.15) is 12.0 Å². The summed E-state index contributed by atoms with van der Waals surface area (Å²) >= 11 is 5.88. The van der Waals surface area contributed by atoms with Gasteiger partial charge in [0.2, 0.25) is 0 Å². The summed E-state index contributed by atoms with van der Waals surface area (Å²) in [5, 5.41) is 0.280. The van der Waals surface area contributed by atoms with Crippen molar-refractivity contribution >= 4 is 17.4 Å². The highest BCUT2D eigenvalue weighted by atomic mass is 35.5. The Morgan fingerprint density at radius 1 is 1.15 bits per heavy atom. The molecule has 0 saturated heterocycles. The topological polar surface area (TPSA) is 26.3 Å². The number of rotatable bonds is 6. The number of benzene rings is 2. The lowest BCUT2D eigenvalue weighted by Crippen LogP contribution is -2.09. The van der Waals surface area contributed by atoms with Crippen LogP contribution in [0, 0.1) is 5.82 Å². The molecule has 0 heterocycles. The molecule has 2 aromatic carbocycles. The SMILES string of the molecule is O=C(CCOc1ccccc1)Cc1ccc(F)cc1Cl. The monoisotopic (exact) mass is 292 g/mol. The second-order valence-electron chi connectivity index (χ2n) is 4.36. The van der Waals surface area contributed by atoms with Gasteiger partial charge in [-0.2, -0.15) is 0 Å². The third kappa shape index (κ3) is 4.35. The Kier molecular flexibility index (Phi) is 5.13. The Labute approximate surface area is 122 Å². The zero-order chi connectivity index (χ0) is 14.4. The van der Waals surface area contributed by atoms with Crippen molar-refractivity contribution in [2.24, 2.45) is 0 Å². The van der Waals surface area contributed by atoms with E-state index in [0.29, 0.717) is 18.6 Å². The maximum atomic E-state index is 12.9. The number of ketones is 1. The number of hydrogen-bond acceptors (Lipinski definition) is 2. The van der Waals surface area contributed by atoms with Crippen molar-refractivity contribution in [2.45, 2.75) is 12.8 Å². The second-order valence-corrected chi connectivity index (χ2v) is 4.77. The van der Waals surface area contributed by atoms with E-state index >= 15 is 0 Å². The van der Waals surface area contributed by atoms with Gasteiger partial charge in [-0.25, -0.2) is 4.39 Å². The van der Waals surface area contributed by atoms with Crippen molar-refractivity contribution in [3.8, 4) is 5.75 Å². The lowest BCUT2D eigenvalue weighted by Gasteiger charge is -2.06. The molecule has 0 aliphatic rings. The van der Waals surface area contributed by atoms with Gasteiger partial charge in [0.1, 0.15) is 17.3 Å². The van der Waals surface area contributed by atoms with Gasteiger partial charge >= 0.3 is 0 Å². The van der Waals surface area contributed by atoms with Crippen molar-refractivity contribution < 1.29 is 13.9 Å². The molecule has 0 atom stereocenters. The third-order valence-corrected chi connectivity index (χ3v) is 3.15. The molecule has 2 nitrogen and oxygen atoms in total. The number of halogens is 2. The summed E-state index contributed by atoms with van der Waals surface area (Å²) < 4.78 is 18.3. The predicted octanol–water partition coefficient (Wildman–Crippen LogP) is 4.06. The van der Waals surface area contributed by atoms with Gasteiger partial charge in [0.15, 0.2) is 0 Å². The van der Waals surface area contributed by atoms with E-state index in [4.69, 9.17) is 16.3 Å². The molecule has 0 amide bonds. The summed E-state index contributed by atoms with van der Waals surface area (Å²) in [6.07, 6.45) is 0.486. The van der Waals surface area contributed by atoms with Crippen LogP contribution in [0.25, 0.3) is 0 Å². The fourth-order valence-corrected chi connectivity index (χ4v) is 2.00. The quantitative estimate of drug-likeness (QED) is 0.802. The molecule has 0 aliphatic carbocycles. The normalized spacial score (nSPS) is 10.3. The van der Waals surface area contributed by atoms with Gasteiger partial charge in [0, 0.05) is 17.9 Å². The molecule has 2 rings (SSSR count). The first kappa shape index (κ1) is 14.5. The Bertz CT molecular complexity index is 584. The summed E-state index contributed by atoms with van der Waals surface area (Å²) in [7, 11) is 0. The molecule has 0 N–H and O–H groups in total. The average Bonchev–Trinajstić information content (AvgIpc) is 2.43. The molecular formula is C16H14ClFO2. The van der Waals surface area contributed by atoms with Crippen molar-refractivity contribution in [1.29, 1.82) is 0 Å². The Balaban J connectivity index is 1.81. The highest BCUT2D eigenvalue weighted by Gasteiger charge is 2.08. The predicted molar refractivity (Wildman–Crippen MR) is 76.7 cm³/mol. The minimum atomic E-state index is -0.404. The zero-order valence-electron chi connectivity index (χ0n) is 10.8. The number of Topliss-reactive ketones (excluding diaryl/α,β-unsaturated/α-hetero) is 1. The van der Waals surface area contributed by atoms with Crippen molar-refractivity contribution in [1.82, 2.24) is 0 Å². The smallest absolute Gasteiger partial charge is 0.140 e. The van der Waals surface area contributed by atoms with Gasteiger partial charge in [0.25, 0.3) is 0 Å². The van der Waals surface area contributed by atoms with Crippen LogP contribution in [0.5, 0.6) is 5.75 Å². The molecule has 0 saturated carbocycles. The van der Waals surface area contributed by atoms with Crippen LogP contribution in [-0.2, 0) is 11.2 Å². The Morgan fingerprint density at radius 3 is 2.60 bits per heavy atom. The molecule has 0 fully saturated rings. The summed E-state index contributed by atoms with van der Waals surface area (Å²) in [6, 6.07) is 13.4. The lowest BCUT2D eigenvalue weighted by molar-refractivity contribution is -0.118. The van der Waals surface area contributed by atoms with E-state index in [0.717, 1.165) is 5.75 Å². The Morgan fingerprint density at radius 2 is 1.90 bits per heavy atom. The fourth-order valence-electron chi connectivity index (χ4n) is 1.77. The van der Waals surface area contributed by atoms with E-state index in [1.165, 1.54) is 18.2 Å². The van der Waals surface area contributed by atoms with E-state index in [-0.39, 0.29) is 17.2 Å². The largest absolute Gasteiger partial charge is 0.493 e. The van der Waals surface area contributed by atoms with Gasteiger partial charge < -0.3 is 4.74 Å². The number of carbonyl (C=O) groups is 1. The van der Waals surface area contributed by atoms with Gasteiger partial charge in [-0.05, 0) is 29.8 Å². The fraction of sp³-hybridized carbons (Fsp3) is 0.188. The van der Waals surface area contributed by atoms with Crippen molar-refractivity contribution in [3.05, 3.63) is 64.9 Å². The lowest BCUT2D eigenvalue weighted by atomic mass is 10.1. The minimum Gasteiger partial charge on any atom is -0.493 e. The maximum absolute atomic E-state index is 12.9. The van der Waals surface area contributed by atoms with Crippen LogP contribution in [-0.4, -0.2) is 12.4 Å². The molecule has 0 aromatic heterocycles. The van der Waals surface area contributed by atoms with Gasteiger partial charge in [0.05, 0.1) is 6.61 Å². The molecule has 0 bridgehead atoms. The zero-order valence-corrected chi connectivity index (χ0v) is 11.6. The van der Waals surface area contributed by atoms with Crippen molar-refractivity contribution in [3.63, 3.8) is 0 Å². The van der Waals surface area contributed by atoms with Crippen molar-refractivity contribution in [2.75, 3.05) is 6.61 Å². The summed E-state index contributed by atoms with van der Waals surface area (Å²) in [5.41, 5.74) is 0.637. The number of hydrogen-bond donors (Lipinski definition) is 0. The second kappa shape index (κ2) is 7.06. The summed E-state index contributed by atoms with van der Waals surface area (Å²) in [5.74, 6) is 0.341. The van der Waals surface area contributed by atoms with E-state index in [1.807, 2.05) is 30.3 Å². The first-order valence-electron chi connectivity index (χ1n) is 6.28. The molecular weight excluding hydrogens is 279 g/mol. The standard InChI is InChI=1S/C16H14ClFO2/c17-16-11-13(18)7-6-12(16)10-14(19)8-9-20-15-4-2-1-3-5-15/h1-7,11H,8-10H2. The van der Waals surface area contributed by atoms with Crippen LogP contribution in [0.3, 0.4) is 0 Å². The van der Waals surface area contributed by atoms with E-state index in [1.54, 1.807) is 0 Å². The molecule has 2 aromatic rings. The summed E-state index contributed by atoms with van der Waals surface area (Å²) in [4.78, 5) is 11.8. The maximum Gasteiger partial charge on any atom is 0.140 e. The van der Waals surface area contributed by atoms with Crippen LogP contribution in [0.2, 0.25) is 5.02 Å². The van der Waals surface area contributed by atoms with Gasteiger partial charge in [-0.1, -0.05) is 35.9 Å². The average molecular weight is 293 g/mol. The summed E-state index contributed by atoms with van der Waals surface area (Å²) in [6.45, 7) is 0.321. The van der Waals surface area contributed by atoms with E-state index in [9.17, 15) is 9.18 Å². The van der Waals surface area contributed by atoms with Crippen LogP contribution >= 0.6 is 11.6 Å². The molecule has 0 aliphatic heterocycles. The highest BCUT2D eigenvalue weighted by molar-refractivity contribution is 6.31. The van der Waals surface area contributed by atoms with E-state index in [2.05, 4.69) is 0 Å². The van der Waals surface area contributed by atoms with Crippen LogP contribution in [0.15, 0.2) is 48.5 Å². The molecule has 104 valence electrons. The Hall–Kier alpha value is -1.87. The van der Waals surface area contributed by atoms with Gasteiger partial charge in [-0.3, -0.25) is 4.79 Å². The van der Waals surface area contributed by atoms with E-state index < -0.39 is 5.82 Å². The molecule has 0 spiro atoms. The van der Waals surface area contributed by atoms with Gasteiger partial charge in [-0.15, -0.1) is 0 Å². The highest BCUT2D eigenvalue weighted by Crippen LogP contribution is 2.18. The first-order valence-corrected chi connectivity index (χ1v) is 6.66. The van der Waals surface area contributed by atoms with Crippen LogP contribution < -0.4 is 4.74 Å². The number of ether oxygens (including phenoxy) is 1. The molecule has 0 unspecified atom stereocenters. The molecule has 4 heteroatoms. The number of para-hydroxylation sites is 1. The minimum absolute atomic E-state index is 0.00874.